The number of halogens is 1. The number of urea groups is 1. The van der Waals surface area contributed by atoms with Crippen LogP contribution in [0, 0.1) is 0 Å². The fourth-order valence-corrected chi connectivity index (χ4v) is 2.52. The van der Waals surface area contributed by atoms with Crippen molar-refractivity contribution in [3.63, 3.8) is 0 Å². The summed E-state index contributed by atoms with van der Waals surface area (Å²) in [7, 11) is 1.21. The van der Waals surface area contributed by atoms with Gasteiger partial charge in [0.05, 0.1) is 6.04 Å². The summed E-state index contributed by atoms with van der Waals surface area (Å²) < 4.78 is 0.928. The maximum Gasteiger partial charge on any atom is 0.334 e. The zero-order valence-corrected chi connectivity index (χ0v) is 14.3. The maximum absolute atomic E-state index is 12.1. The first-order valence-corrected chi connectivity index (χ1v) is 7.82. The van der Waals surface area contributed by atoms with Gasteiger partial charge in [-0.05, 0) is 24.1 Å². The van der Waals surface area contributed by atoms with E-state index in [1.165, 1.54) is 7.05 Å². The second-order valence-corrected chi connectivity index (χ2v) is 6.03. The molecule has 5 amide bonds. The Balaban J connectivity index is 2.03. The number of carbonyl (C=O) groups is 4. The second-order valence-electron chi connectivity index (χ2n) is 5.12. The van der Waals surface area contributed by atoms with Crippen molar-refractivity contribution in [1.29, 1.82) is 0 Å². The van der Waals surface area contributed by atoms with Crippen molar-refractivity contribution in [2.24, 2.45) is 0 Å². The van der Waals surface area contributed by atoms with E-state index in [1.807, 2.05) is 31.2 Å². The summed E-state index contributed by atoms with van der Waals surface area (Å²) >= 11 is 3.34. The van der Waals surface area contributed by atoms with E-state index < -0.39 is 30.3 Å². The minimum absolute atomic E-state index is 0.239. The molecule has 122 valence electrons. The lowest BCUT2D eigenvalue weighted by atomic mass is 10.0. The van der Waals surface area contributed by atoms with Crippen molar-refractivity contribution in [1.82, 2.24) is 15.1 Å². The van der Waals surface area contributed by atoms with Crippen molar-refractivity contribution < 1.29 is 19.2 Å². The Labute approximate surface area is 141 Å². The molecule has 0 saturated carbocycles. The number of carbonyl (C=O) groups excluding carboxylic acids is 4. The zero-order valence-electron chi connectivity index (χ0n) is 12.7. The van der Waals surface area contributed by atoms with Gasteiger partial charge in [-0.25, -0.2) is 9.69 Å². The molecule has 8 heteroatoms. The highest BCUT2D eigenvalue weighted by atomic mass is 79.9. The summed E-state index contributed by atoms with van der Waals surface area (Å²) in [5.74, 6) is -2.41. The fourth-order valence-electron chi connectivity index (χ4n) is 2.25. The Bertz CT molecular complexity index is 659. The minimum Gasteiger partial charge on any atom is -0.348 e. The topological polar surface area (TPSA) is 86.8 Å². The van der Waals surface area contributed by atoms with Crippen LogP contribution in [0.15, 0.2) is 28.7 Å². The first kappa shape index (κ1) is 17.1. The Kier molecular flexibility index (Phi) is 5.15. The Morgan fingerprint density at radius 3 is 2.26 bits per heavy atom. The molecule has 1 aliphatic rings. The molecule has 1 fully saturated rings. The minimum atomic E-state index is -0.982. The van der Waals surface area contributed by atoms with Crippen molar-refractivity contribution in [3.8, 4) is 0 Å². The molecule has 1 aromatic rings. The van der Waals surface area contributed by atoms with E-state index in [-0.39, 0.29) is 6.04 Å². The molecule has 1 aliphatic heterocycles. The number of hydrogen-bond donors (Lipinski definition) is 1. The summed E-state index contributed by atoms with van der Waals surface area (Å²) in [6, 6.07) is 6.46. The lowest BCUT2D eigenvalue weighted by Crippen LogP contribution is -2.42. The van der Waals surface area contributed by atoms with Gasteiger partial charge in [0.2, 0.25) is 5.91 Å². The van der Waals surface area contributed by atoms with E-state index in [0.29, 0.717) is 16.2 Å². The van der Waals surface area contributed by atoms with E-state index in [2.05, 4.69) is 21.2 Å². The highest BCUT2D eigenvalue weighted by Gasteiger charge is 2.43. The van der Waals surface area contributed by atoms with Gasteiger partial charge in [0.1, 0.15) is 6.54 Å². The molecule has 0 unspecified atom stereocenters. The first-order chi connectivity index (χ1) is 10.8. The third-order valence-corrected chi connectivity index (χ3v) is 4.10. The van der Waals surface area contributed by atoms with Gasteiger partial charge < -0.3 is 5.32 Å². The van der Waals surface area contributed by atoms with Crippen LogP contribution >= 0.6 is 15.9 Å². The third-order valence-electron chi connectivity index (χ3n) is 3.57. The van der Waals surface area contributed by atoms with Gasteiger partial charge in [-0.1, -0.05) is 35.0 Å². The normalized spacial score (nSPS) is 16.0. The summed E-state index contributed by atoms with van der Waals surface area (Å²) in [6.45, 7) is 1.44. The van der Waals surface area contributed by atoms with Crippen LogP contribution in [0.25, 0.3) is 0 Å². The number of likely N-dealkylation sites (N-methyl/N-ethyl adjacent to an activating group) is 1. The van der Waals surface area contributed by atoms with Crippen LogP contribution < -0.4 is 5.32 Å². The number of amides is 5. The third kappa shape index (κ3) is 3.58. The second kappa shape index (κ2) is 6.91. The predicted octanol–water partition coefficient (Wildman–Crippen LogP) is 1.44. The molecule has 1 saturated heterocycles. The average molecular weight is 382 g/mol. The van der Waals surface area contributed by atoms with Gasteiger partial charge in [-0.3, -0.25) is 19.3 Å². The largest absolute Gasteiger partial charge is 0.348 e. The smallest absolute Gasteiger partial charge is 0.334 e. The van der Waals surface area contributed by atoms with Crippen LogP contribution in [-0.4, -0.2) is 47.1 Å². The molecule has 0 aliphatic carbocycles. The maximum atomic E-state index is 12.1. The van der Waals surface area contributed by atoms with Crippen molar-refractivity contribution >= 4 is 39.7 Å². The SMILES string of the molecule is CC[C@@H](NC(=O)CN1C(=O)C(=O)N(C)C1=O)c1ccc(Br)cc1. The lowest BCUT2D eigenvalue weighted by Gasteiger charge is -2.19. The highest BCUT2D eigenvalue weighted by Crippen LogP contribution is 2.19. The number of nitrogens with one attached hydrogen (secondary N) is 1. The van der Waals surface area contributed by atoms with Gasteiger partial charge in [-0.15, -0.1) is 0 Å². The van der Waals surface area contributed by atoms with Crippen molar-refractivity contribution in [2.75, 3.05) is 13.6 Å². The summed E-state index contributed by atoms with van der Waals surface area (Å²) in [5, 5.41) is 2.77. The number of hydrogen-bond acceptors (Lipinski definition) is 4. The van der Waals surface area contributed by atoms with Crippen LogP contribution in [0.1, 0.15) is 24.9 Å². The number of benzene rings is 1. The van der Waals surface area contributed by atoms with Crippen LogP contribution in [0.2, 0.25) is 0 Å². The van der Waals surface area contributed by atoms with Crippen molar-refractivity contribution in [3.05, 3.63) is 34.3 Å². The molecule has 0 spiro atoms. The zero-order chi connectivity index (χ0) is 17.1. The van der Waals surface area contributed by atoms with Crippen molar-refractivity contribution in [2.45, 2.75) is 19.4 Å². The molecular formula is C15H16BrN3O4. The van der Waals surface area contributed by atoms with Crippen LogP contribution in [-0.2, 0) is 14.4 Å². The molecule has 0 bridgehead atoms. The van der Waals surface area contributed by atoms with Gasteiger partial charge in [0.15, 0.2) is 0 Å². The Morgan fingerprint density at radius 1 is 1.17 bits per heavy atom. The quantitative estimate of drug-likeness (QED) is 0.617. The molecular weight excluding hydrogens is 366 g/mol. The molecule has 1 N–H and O–H groups in total. The molecule has 0 aromatic heterocycles. The molecule has 1 atom stereocenters. The highest BCUT2D eigenvalue weighted by molar-refractivity contribution is 9.10. The van der Waals surface area contributed by atoms with Crippen LogP contribution in [0.5, 0.6) is 0 Å². The van der Waals surface area contributed by atoms with E-state index in [0.717, 1.165) is 10.0 Å². The monoisotopic (exact) mass is 381 g/mol. The summed E-state index contributed by atoms with van der Waals surface area (Å²) in [6.07, 6.45) is 0.647. The van der Waals surface area contributed by atoms with Gasteiger partial charge >= 0.3 is 17.8 Å². The molecule has 23 heavy (non-hydrogen) atoms. The van der Waals surface area contributed by atoms with Crippen LogP contribution in [0.3, 0.4) is 0 Å². The predicted molar refractivity (Wildman–Crippen MR) is 85.2 cm³/mol. The van der Waals surface area contributed by atoms with Gasteiger partial charge in [0, 0.05) is 11.5 Å². The van der Waals surface area contributed by atoms with E-state index in [1.54, 1.807) is 0 Å². The van der Waals surface area contributed by atoms with Crippen LogP contribution in [0.4, 0.5) is 4.79 Å². The first-order valence-electron chi connectivity index (χ1n) is 7.03. The van der Waals surface area contributed by atoms with E-state index >= 15 is 0 Å². The van der Waals surface area contributed by atoms with Gasteiger partial charge in [0.25, 0.3) is 0 Å². The average Bonchev–Trinajstić information content (AvgIpc) is 2.71. The number of rotatable bonds is 5. The Morgan fingerprint density at radius 2 is 1.78 bits per heavy atom. The molecule has 7 nitrogen and oxygen atoms in total. The standard InChI is InChI=1S/C15H16BrN3O4/c1-3-11(9-4-6-10(16)7-5-9)17-12(20)8-19-14(22)13(21)18(2)15(19)23/h4-7,11H,3,8H2,1-2H3,(H,17,20)/t11-/m1/s1. The lowest BCUT2D eigenvalue weighted by molar-refractivity contribution is -0.143. The number of nitrogens with zero attached hydrogens (tertiary/aromatic N) is 2. The number of imide groups is 2. The van der Waals surface area contributed by atoms with Gasteiger partial charge in [-0.2, -0.15) is 0 Å². The summed E-state index contributed by atoms with van der Waals surface area (Å²) in [5.41, 5.74) is 0.913. The molecule has 0 radical (unpaired) electrons. The summed E-state index contributed by atoms with van der Waals surface area (Å²) in [4.78, 5) is 48.3. The fraction of sp³-hybridized carbons (Fsp3) is 0.333. The van der Waals surface area contributed by atoms with E-state index in [4.69, 9.17) is 0 Å². The molecule has 2 rings (SSSR count). The van der Waals surface area contributed by atoms with E-state index in [9.17, 15) is 19.2 Å². The molecule has 1 aromatic carbocycles. The Hall–Kier alpha value is -2.22. The molecule has 1 heterocycles.